The van der Waals surface area contributed by atoms with Crippen molar-refractivity contribution < 1.29 is 9.59 Å². The van der Waals surface area contributed by atoms with Crippen LogP contribution in [-0.4, -0.2) is 18.2 Å². The van der Waals surface area contributed by atoms with E-state index >= 15 is 0 Å². The van der Waals surface area contributed by atoms with E-state index in [-0.39, 0.29) is 0 Å². The molecule has 2 aromatic rings. The molecule has 0 bridgehead atoms. The monoisotopic (exact) mass is 253 g/mol. The third-order valence-corrected chi connectivity index (χ3v) is 2.86. The van der Waals surface area contributed by atoms with Gasteiger partial charge >= 0.3 is 0 Å². The van der Waals surface area contributed by atoms with Crippen molar-refractivity contribution in [2.24, 2.45) is 0 Å². The molecule has 2 rings (SSSR count). The first-order valence-corrected chi connectivity index (χ1v) is 6.20. The summed E-state index contributed by atoms with van der Waals surface area (Å²) in [6.45, 7) is 2.31. The molecule has 0 aliphatic rings. The highest BCUT2D eigenvalue weighted by atomic mass is 16.2. The number of benzene rings is 2. The molecule has 0 spiro atoms. The van der Waals surface area contributed by atoms with Crippen molar-refractivity contribution >= 4 is 17.4 Å². The molecule has 0 N–H and O–H groups in total. The highest BCUT2D eigenvalue weighted by Gasteiger charge is 2.22. The Morgan fingerprint density at radius 3 is 1.95 bits per heavy atom. The Bertz CT molecular complexity index is 564. The summed E-state index contributed by atoms with van der Waals surface area (Å²) in [7, 11) is 0. The number of anilines is 1. The van der Waals surface area contributed by atoms with Gasteiger partial charge in [0.05, 0.1) is 0 Å². The van der Waals surface area contributed by atoms with Gasteiger partial charge in [0.2, 0.25) is 0 Å². The molecule has 0 atom stereocenters. The number of para-hydroxylation sites is 1. The topological polar surface area (TPSA) is 37.4 Å². The molecule has 3 nitrogen and oxygen atoms in total. The molecule has 0 saturated heterocycles. The Morgan fingerprint density at radius 1 is 0.895 bits per heavy atom. The standard InChI is InChI=1S/C16H15NO2/c1-2-17(14-11-7-4-8-12-14)16(19)15(18)13-9-5-3-6-10-13/h3-12H,2H2,1H3. The van der Waals surface area contributed by atoms with E-state index in [1.165, 1.54) is 4.90 Å². The number of ketones is 1. The normalized spacial score (nSPS) is 9.95. The summed E-state index contributed by atoms with van der Waals surface area (Å²) in [5.74, 6) is -0.980. The number of rotatable bonds is 4. The number of hydrogen-bond donors (Lipinski definition) is 0. The van der Waals surface area contributed by atoms with Crippen LogP contribution in [0, 0.1) is 0 Å². The lowest BCUT2D eigenvalue weighted by Crippen LogP contribution is -2.36. The number of likely N-dealkylation sites (N-methyl/N-ethyl adjacent to an activating group) is 1. The minimum atomic E-state index is -0.500. The lowest BCUT2D eigenvalue weighted by Gasteiger charge is -2.20. The van der Waals surface area contributed by atoms with Gasteiger partial charge in [0.15, 0.2) is 0 Å². The van der Waals surface area contributed by atoms with Crippen LogP contribution in [-0.2, 0) is 4.79 Å². The average Bonchev–Trinajstić information content (AvgIpc) is 2.49. The van der Waals surface area contributed by atoms with Gasteiger partial charge in [0.1, 0.15) is 0 Å². The minimum absolute atomic E-state index is 0.418. The predicted molar refractivity (Wildman–Crippen MR) is 75.2 cm³/mol. The zero-order valence-corrected chi connectivity index (χ0v) is 10.7. The van der Waals surface area contributed by atoms with E-state index in [1.54, 1.807) is 24.3 Å². The maximum atomic E-state index is 12.3. The Labute approximate surface area is 112 Å². The van der Waals surface area contributed by atoms with Crippen LogP contribution >= 0.6 is 0 Å². The molecule has 0 aliphatic heterocycles. The molecular weight excluding hydrogens is 238 g/mol. The molecule has 0 heterocycles. The van der Waals surface area contributed by atoms with E-state index in [9.17, 15) is 9.59 Å². The maximum absolute atomic E-state index is 12.3. The first-order valence-electron chi connectivity index (χ1n) is 6.20. The Morgan fingerprint density at radius 2 is 1.42 bits per heavy atom. The van der Waals surface area contributed by atoms with E-state index in [0.29, 0.717) is 12.1 Å². The van der Waals surface area contributed by atoms with Gasteiger partial charge < -0.3 is 4.90 Å². The fraction of sp³-hybridized carbons (Fsp3) is 0.125. The van der Waals surface area contributed by atoms with Crippen LogP contribution in [0.15, 0.2) is 60.7 Å². The zero-order valence-electron chi connectivity index (χ0n) is 10.7. The van der Waals surface area contributed by atoms with Crippen molar-refractivity contribution in [3.05, 3.63) is 66.2 Å². The van der Waals surface area contributed by atoms with Gasteiger partial charge in [-0.2, -0.15) is 0 Å². The van der Waals surface area contributed by atoms with Crippen LogP contribution in [0.2, 0.25) is 0 Å². The van der Waals surface area contributed by atoms with Crippen molar-refractivity contribution in [3.63, 3.8) is 0 Å². The van der Waals surface area contributed by atoms with Crippen molar-refractivity contribution in [2.75, 3.05) is 11.4 Å². The lowest BCUT2D eigenvalue weighted by molar-refractivity contribution is -0.114. The second-order valence-corrected chi connectivity index (χ2v) is 4.08. The van der Waals surface area contributed by atoms with E-state index in [4.69, 9.17) is 0 Å². The number of Topliss-reactive ketones (excluding diaryl/α,β-unsaturated/α-hetero) is 1. The van der Waals surface area contributed by atoms with Crippen LogP contribution in [0.1, 0.15) is 17.3 Å². The largest absolute Gasteiger partial charge is 0.306 e. The minimum Gasteiger partial charge on any atom is -0.306 e. The summed E-state index contributed by atoms with van der Waals surface area (Å²) in [5.41, 5.74) is 1.15. The van der Waals surface area contributed by atoms with Gasteiger partial charge in [-0.25, -0.2) is 0 Å². The first-order chi connectivity index (χ1) is 9.24. The molecule has 0 saturated carbocycles. The van der Waals surface area contributed by atoms with Gasteiger partial charge in [-0.1, -0.05) is 48.5 Å². The van der Waals surface area contributed by atoms with E-state index in [1.807, 2.05) is 43.3 Å². The number of nitrogens with zero attached hydrogens (tertiary/aromatic N) is 1. The summed E-state index contributed by atoms with van der Waals surface area (Å²) in [6.07, 6.45) is 0. The maximum Gasteiger partial charge on any atom is 0.299 e. The molecule has 0 fully saturated rings. The third-order valence-electron chi connectivity index (χ3n) is 2.86. The van der Waals surface area contributed by atoms with E-state index in [2.05, 4.69) is 0 Å². The molecule has 0 unspecified atom stereocenters. The summed E-state index contributed by atoms with van der Waals surface area (Å²) in [4.78, 5) is 25.9. The van der Waals surface area contributed by atoms with Crippen molar-refractivity contribution in [3.8, 4) is 0 Å². The van der Waals surface area contributed by atoms with Crippen LogP contribution in [0.25, 0.3) is 0 Å². The molecule has 3 heteroatoms. The van der Waals surface area contributed by atoms with Gasteiger partial charge in [-0.3, -0.25) is 9.59 Å². The second kappa shape index (κ2) is 5.96. The summed E-state index contributed by atoms with van der Waals surface area (Å²) in [5, 5.41) is 0. The molecule has 19 heavy (non-hydrogen) atoms. The average molecular weight is 253 g/mol. The SMILES string of the molecule is CCN(C(=O)C(=O)c1ccccc1)c1ccccc1. The summed E-state index contributed by atoms with van der Waals surface area (Å²) >= 11 is 0. The van der Waals surface area contributed by atoms with E-state index in [0.717, 1.165) is 5.69 Å². The molecular formula is C16H15NO2. The first kappa shape index (κ1) is 13.0. The zero-order chi connectivity index (χ0) is 13.7. The summed E-state index contributed by atoms with van der Waals surface area (Å²) in [6, 6.07) is 17.8. The van der Waals surface area contributed by atoms with Gasteiger partial charge in [0.25, 0.3) is 11.7 Å². The van der Waals surface area contributed by atoms with Gasteiger partial charge in [0, 0.05) is 17.8 Å². The van der Waals surface area contributed by atoms with Crippen molar-refractivity contribution in [1.29, 1.82) is 0 Å². The Kier molecular flexibility index (Phi) is 4.08. The van der Waals surface area contributed by atoms with Crippen LogP contribution in [0.5, 0.6) is 0 Å². The molecule has 1 amide bonds. The van der Waals surface area contributed by atoms with Gasteiger partial charge in [-0.15, -0.1) is 0 Å². The Hall–Kier alpha value is -2.42. The summed E-state index contributed by atoms with van der Waals surface area (Å²) < 4.78 is 0. The van der Waals surface area contributed by atoms with Gasteiger partial charge in [-0.05, 0) is 19.1 Å². The molecule has 96 valence electrons. The number of hydrogen-bond acceptors (Lipinski definition) is 2. The molecule has 2 aromatic carbocycles. The highest BCUT2D eigenvalue weighted by molar-refractivity contribution is 6.47. The smallest absolute Gasteiger partial charge is 0.299 e. The predicted octanol–water partition coefficient (Wildman–Crippen LogP) is 2.92. The van der Waals surface area contributed by atoms with E-state index < -0.39 is 11.7 Å². The number of amides is 1. The number of carbonyl (C=O) groups is 2. The fourth-order valence-electron chi connectivity index (χ4n) is 1.89. The fourth-order valence-corrected chi connectivity index (χ4v) is 1.89. The Balaban J connectivity index is 2.25. The molecule has 0 aliphatic carbocycles. The third kappa shape index (κ3) is 2.88. The highest BCUT2D eigenvalue weighted by Crippen LogP contribution is 2.14. The van der Waals surface area contributed by atoms with Crippen molar-refractivity contribution in [2.45, 2.75) is 6.92 Å². The second-order valence-electron chi connectivity index (χ2n) is 4.08. The number of carbonyl (C=O) groups excluding carboxylic acids is 2. The lowest BCUT2D eigenvalue weighted by atomic mass is 10.1. The quantitative estimate of drug-likeness (QED) is 0.620. The van der Waals surface area contributed by atoms with Crippen LogP contribution < -0.4 is 4.90 Å². The van der Waals surface area contributed by atoms with Crippen LogP contribution in [0.4, 0.5) is 5.69 Å². The molecule has 0 aromatic heterocycles. The van der Waals surface area contributed by atoms with Crippen molar-refractivity contribution in [1.82, 2.24) is 0 Å². The van der Waals surface area contributed by atoms with Crippen LogP contribution in [0.3, 0.4) is 0 Å². The molecule has 0 radical (unpaired) electrons.